The maximum atomic E-state index is 13.5. The minimum atomic E-state index is -1.57. The van der Waals surface area contributed by atoms with E-state index in [1.54, 1.807) is 38.1 Å². The summed E-state index contributed by atoms with van der Waals surface area (Å²) in [5.41, 5.74) is -2.22. The van der Waals surface area contributed by atoms with E-state index in [1.807, 2.05) is 26.8 Å². The summed E-state index contributed by atoms with van der Waals surface area (Å²) in [6.07, 6.45) is 0.362. The molecule has 5 nitrogen and oxygen atoms in total. The van der Waals surface area contributed by atoms with E-state index in [0.717, 1.165) is 0 Å². The normalized spacial score (nSPS) is 23.4. The van der Waals surface area contributed by atoms with E-state index < -0.39 is 28.7 Å². The molecule has 0 aliphatic heterocycles. The predicted molar refractivity (Wildman–Crippen MR) is 97.5 cm³/mol. The van der Waals surface area contributed by atoms with Crippen molar-refractivity contribution in [2.24, 2.45) is 22.7 Å². The molecule has 1 fully saturated rings. The van der Waals surface area contributed by atoms with Crippen LogP contribution in [0.4, 0.5) is 0 Å². The summed E-state index contributed by atoms with van der Waals surface area (Å²) >= 11 is 0. The van der Waals surface area contributed by atoms with Gasteiger partial charge in [0.2, 0.25) is 0 Å². The zero-order chi connectivity index (χ0) is 19.5. The highest BCUT2D eigenvalue weighted by atomic mass is 16.6. The highest BCUT2D eigenvalue weighted by Crippen LogP contribution is 2.75. The molecule has 0 unspecified atom stereocenters. The maximum absolute atomic E-state index is 13.5. The first kappa shape index (κ1) is 20.1. The number of ether oxygens (including phenoxy) is 2. The van der Waals surface area contributed by atoms with Crippen LogP contribution in [0.3, 0.4) is 0 Å². The summed E-state index contributed by atoms with van der Waals surface area (Å²) in [6.45, 7) is 9.36. The number of carbonyl (C=O) groups excluding carboxylic acids is 3. The lowest BCUT2D eigenvalue weighted by Gasteiger charge is -2.21. The average Bonchev–Trinajstić information content (AvgIpc) is 3.28. The summed E-state index contributed by atoms with van der Waals surface area (Å²) in [6, 6.07) is 8.82. The first-order valence-electron chi connectivity index (χ1n) is 9.30. The Balaban J connectivity index is 2.65. The van der Waals surface area contributed by atoms with Crippen molar-refractivity contribution in [1.29, 1.82) is 0 Å². The molecule has 1 aromatic carbocycles. The second-order valence-corrected chi connectivity index (χ2v) is 6.99. The molecule has 2 atom stereocenters. The molecule has 1 aliphatic rings. The molecule has 1 aromatic rings. The molecule has 26 heavy (non-hydrogen) atoms. The van der Waals surface area contributed by atoms with Crippen molar-refractivity contribution >= 4 is 17.7 Å². The maximum Gasteiger partial charge on any atom is 0.324 e. The number of rotatable bonds is 8. The second kappa shape index (κ2) is 7.60. The van der Waals surface area contributed by atoms with Gasteiger partial charge in [-0.25, -0.2) is 0 Å². The van der Waals surface area contributed by atoms with E-state index in [2.05, 4.69) is 0 Å². The van der Waals surface area contributed by atoms with Crippen LogP contribution in [0.2, 0.25) is 0 Å². The van der Waals surface area contributed by atoms with E-state index in [-0.39, 0.29) is 24.9 Å². The van der Waals surface area contributed by atoms with Crippen LogP contribution in [0.25, 0.3) is 0 Å². The second-order valence-electron chi connectivity index (χ2n) is 6.99. The van der Waals surface area contributed by atoms with Crippen LogP contribution in [-0.2, 0) is 19.1 Å². The molecule has 0 bridgehead atoms. The van der Waals surface area contributed by atoms with Crippen molar-refractivity contribution in [1.82, 2.24) is 0 Å². The van der Waals surface area contributed by atoms with Crippen LogP contribution >= 0.6 is 0 Å². The Kier molecular flexibility index (Phi) is 5.89. The molecule has 0 saturated heterocycles. The zero-order valence-electron chi connectivity index (χ0n) is 16.2. The van der Waals surface area contributed by atoms with Gasteiger partial charge in [0.15, 0.2) is 11.2 Å². The molecule has 0 aromatic heterocycles. The Morgan fingerprint density at radius 3 is 1.85 bits per heavy atom. The van der Waals surface area contributed by atoms with Gasteiger partial charge in [-0.1, -0.05) is 51.1 Å². The molecule has 142 valence electrons. The fourth-order valence-electron chi connectivity index (χ4n) is 4.65. The monoisotopic (exact) mass is 360 g/mol. The number of benzene rings is 1. The van der Waals surface area contributed by atoms with Crippen LogP contribution < -0.4 is 0 Å². The molecule has 0 radical (unpaired) electrons. The molecule has 2 rings (SSSR count). The van der Waals surface area contributed by atoms with Crippen molar-refractivity contribution in [3.05, 3.63) is 35.9 Å². The quantitative estimate of drug-likeness (QED) is 0.402. The van der Waals surface area contributed by atoms with Gasteiger partial charge in [0.05, 0.1) is 18.6 Å². The van der Waals surface area contributed by atoms with Gasteiger partial charge in [-0.05, 0) is 26.2 Å². The topological polar surface area (TPSA) is 69.7 Å². The third-order valence-corrected chi connectivity index (χ3v) is 5.48. The number of ketones is 1. The lowest BCUT2D eigenvalue weighted by Crippen LogP contribution is -2.38. The molecule has 0 spiro atoms. The summed E-state index contributed by atoms with van der Waals surface area (Å²) in [7, 11) is 0. The number of Topliss-reactive ketones (excluding diaryl/α,β-unsaturated/α-hetero) is 1. The minimum absolute atomic E-state index is 0.0589. The van der Waals surface area contributed by atoms with Gasteiger partial charge in [-0.3, -0.25) is 14.4 Å². The average molecular weight is 360 g/mol. The van der Waals surface area contributed by atoms with E-state index in [4.69, 9.17) is 9.47 Å². The number of hydrogen-bond donors (Lipinski definition) is 0. The van der Waals surface area contributed by atoms with Gasteiger partial charge in [0.25, 0.3) is 0 Å². The fourth-order valence-corrected chi connectivity index (χ4v) is 4.65. The van der Waals surface area contributed by atoms with E-state index in [9.17, 15) is 14.4 Å². The molecule has 1 saturated carbocycles. The van der Waals surface area contributed by atoms with Crippen molar-refractivity contribution < 1.29 is 23.9 Å². The number of carbonyl (C=O) groups is 3. The van der Waals surface area contributed by atoms with Crippen LogP contribution in [-0.4, -0.2) is 30.9 Å². The van der Waals surface area contributed by atoms with Crippen LogP contribution in [0.15, 0.2) is 30.3 Å². The van der Waals surface area contributed by atoms with Crippen molar-refractivity contribution in [2.75, 3.05) is 13.2 Å². The van der Waals surface area contributed by atoms with Gasteiger partial charge >= 0.3 is 11.9 Å². The lowest BCUT2D eigenvalue weighted by atomic mass is 9.82. The molecule has 1 aliphatic carbocycles. The first-order valence-corrected chi connectivity index (χ1v) is 9.30. The standard InChI is InChI=1S/C21H28O5/c1-6-20(17(22)15-12-10-9-11-13-15)16(14(4)5)21(20,18(23)25-7-2)19(24)26-8-3/h9-14,16H,6-8H2,1-5H3/t16-,20+/m0/s1. The highest BCUT2D eigenvalue weighted by Gasteiger charge is 2.88. The van der Waals surface area contributed by atoms with E-state index >= 15 is 0 Å². The Hall–Kier alpha value is -2.17. The summed E-state index contributed by atoms with van der Waals surface area (Å²) in [5.74, 6) is -2.01. The lowest BCUT2D eigenvalue weighted by molar-refractivity contribution is -0.167. The molecule has 0 N–H and O–H groups in total. The Labute approximate surface area is 155 Å². The minimum Gasteiger partial charge on any atom is -0.465 e. The van der Waals surface area contributed by atoms with Crippen LogP contribution in [0.5, 0.6) is 0 Å². The largest absolute Gasteiger partial charge is 0.465 e. The third-order valence-electron chi connectivity index (χ3n) is 5.48. The molecule has 0 amide bonds. The van der Waals surface area contributed by atoms with Gasteiger partial charge < -0.3 is 9.47 Å². The first-order chi connectivity index (χ1) is 12.4. The Bertz CT molecular complexity index is 661. The Morgan fingerprint density at radius 1 is 0.962 bits per heavy atom. The third kappa shape index (κ3) is 2.65. The molecule has 5 heteroatoms. The smallest absolute Gasteiger partial charge is 0.324 e. The predicted octanol–water partition coefficient (Wildman–Crippen LogP) is 3.66. The summed E-state index contributed by atoms with van der Waals surface area (Å²) < 4.78 is 10.5. The molecular weight excluding hydrogens is 332 g/mol. The van der Waals surface area contributed by atoms with Gasteiger partial charge in [0.1, 0.15) is 0 Å². The Morgan fingerprint density at radius 2 is 1.46 bits per heavy atom. The van der Waals surface area contributed by atoms with Gasteiger partial charge in [0, 0.05) is 11.5 Å². The SMILES string of the molecule is CCOC(=O)C1(C(=O)OCC)[C@@H](C(C)C)[C@]1(CC)C(=O)c1ccccc1. The van der Waals surface area contributed by atoms with Crippen LogP contribution in [0.1, 0.15) is 51.4 Å². The highest BCUT2D eigenvalue weighted by molar-refractivity contribution is 6.17. The molecule has 0 heterocycles. The zero-order valence-corrected chi connectivity index (χ0v) is 16.2. The number of hydrogen-bond acceptors (Lipinski definition) is 5. The summed E-state index contributed by atoms with van der Waals surface area (Å²) in [5, 5.41) is 0. The summed E-state index contributed by atoms with van der Waals surface area (Å²) in [4.78, 5) is 39.5. The van der Waals surface area contributed by atoms with Crippen molar-refractivity contribution in [2.45, 2.75) is 41.0 Å². The van der Waals surface area contributed by atoms with Gasteiger partial charge in [-0.15, -0.1) is 0 Å². The van der Waals surface area contributed by atoms with E-state index in [1.165, 1.54) is 0 Å². The van der Waals surface area contributed by atoms with Crippen molar-refractivity contribution in [3.63, 3.8) is 0 Å². The number of esters is 2. The fraction of sp³-hybridized carbons (Fsp3) is 0.571. The molecular formula is C21H28O5. The van der Waals surface area contributed by atoms with Gasteiger partial charge in [-0.2, -0.15) is 0 Å². The van der Waals surface area contributed by atoms with E-state index in [0.29, 0.717) is 12.0 Å². The van der Waals surface area contributed by atoms with Crippen molar-refractivity contribution in [3.8, 4) is 0 Å². The van der Waals surface area contributed by atoms with Crippen LogP contribution in [0, 0.1) is 22.7 Å².